The highest BCUT2D eigenvalue weighted by Gasteiger charge is 2.11. The molecule has 0 aliphatic rings. The van der Waals surface area contributed by atoms with Crippen molar-refractivity contribution in [2.45, 2.75) is 6.92 Å². The summed E-state index contributed by atoms with van der Waals surface area (Å²) < 4.78 is 5.38. The van der Waals surface area contributed by atoms with E-state index in [0.717, 1.165) is 16.3 Å². The van der Waals surface area contributed by atoms with E-state index in [1.807, 2.05) is 43.3 Å². The maximum Gasteiger partial charge on any atom is 0.343 e. The Bertz CT molecular complexity index is 1410. The number of ether oxygens (including phenoxy) is 1. The lowest BCUT2D eigenvalue weighted by atomic mass is 10.0. The van der Waals surface area contributed by atoms with Crippen LogP contribution in [-0.4, -0.2) is 30.5 Å². The Balaban J connectivity index is 1.26. The predicted octanol–water partition coefficient (Wildman–Crippen LogP) is 4.25. The highest BCUT2D eigenvalue weighted by atomic mass is 16.5. The Morgan fingerprint density at radius 1 is 0.886 bits per heavy atom. The Morgan fingerprint density at radius 3 is 2.43 bits per heavy atom. The van der Waals surface area contributed by atoms with E-state index in [1.54, 1.807) is 54.6 Å². The van der Waals surface area contributed by atoms with E-state index in [1.165, 1.54) is 6.21 Å². The molecule has 7 nitrogen and oxygen atoms in total. The summed E-state index contributed by atoms with van der Waals surface area (Å²) in [6.07, 6.45) is 1.45. The maximum atomic E-state index is 12.5. The van der Waals surface area contributed by atoms with Crippen LogP contribution in [0, 0.1) is 6.92 Å². The second-order valence-corrected chi connectivity index (χ2v) is 7.83. The fourth-order valence-electron chi connectivity index (χ4n) is 3.46. The molecule has 4 aromatic carbocycles. The second-order valence-electron chi connectivity index (χ2n) is 7.83. The number of rotatable bonds is 7. The van der Waals surface area contributed by atoms with Gasteiger partial charge in [0.2, 0.25) is 0 Å². The van der Waals surface area contributed by atoms with Gasteiger partial charge in [0.1, 0.15) is 5.75 Å². The van der Waals surface area contributed by atoms with Crippen LogP contribution in [0.5, 0.6) is 5.75 Å². The molecule has 0 atom stereocenters. The first-order valence-electron chi connectivity index (χ1n) is 11.0. The van der Waals surface area contributed by atoms with E-state index < -0.39 is 11.9 Å². The van der Waals surface area contributed by atoms with E-state index in [-0.39, 0.29) is 12.5 Å². The average molecular weight is 466 g/mol. The number of hydrazone groups is 1. The van der Waals surface area contributed by atoms with Crippen LogP contribution in [0.25, 0.3) is 10.8 Å². The maximum absolute atomic E-state index is 12.5. The van der Waals surface area contributed by atoms with Crippen LogP contribution in [0.15, 0.2) is 96.1 Å². The minimum atomic E-state index is -0.460. The van der Waals surface area contributed by atoms with Crippen molar-refractivity contribution in [1.82, 2.24) is 10.7 Å². The van der Waals surface area contributed by atoms with E-state index in [9.17, 15) is 14.4 Å². The average Bonchev–Trinajstić information content (AvgIpc) is 2.88. The molecule has 0 aromatic heterocycles. The Kier molecular flexibility index (Phi) is 7.28. The molecule has 0 unspecified atom stereocenters. The van der Waals surface area contributed by atoms with Crippen LogP contribution in [-0.2, 0) is 4.79 Å². The van der Waals surface area contributed by atoms with Gasteiger partial charge in [0.15, 0.2) is 0 Å². The van der Waals surface area contributed by atoms with Crippen molar-refractivity contribution in [3.05, 3.63) is 113 Å². The van der Waals surface area contributed by atoms with Crippen LogP contribution < -0.4 is 15.5 Å². The lowest BCUT2D eigenvalue weighted by Crippen LogP contribution is -2.35. The molecule has 0 fully saturated rings. The molecule has 2 amide bonds. The summed E-state index contributed by atoms with van der Waals surface area (Å²) in [5.41, 5.74) is 5.03. The lowest BCUT2D eigenvalue weighted by molar-refractivity contribution is -0.120. The van der Waals surface area contributed by atoms with Gasteiger partial charge in [-0.25, -0.2) is 10.2 Å². The molecular formula is C28H23N3O4. The number of aryl methyl sites for hydroxylation is 1. The van der Waals surface area contributed by atoms with Crippen molar-refractivity contribution in [3.63, 3.8) is 0 Å². The quantitative estimate of drug-likeness (QED) is 0.185. The van der Waals surface area contributed by atoms with Crippen molar-refractivity contribution in [1.29, 1.82) is 0 Å². The molecule has 4 aromatic rings. The van der Waals surface area contributed by atoms with Gasteiger partial charge in [-0.05, 0) is 65.7 Å². The number of fused-ring (bicyclic) bond motifs is 1. The van der Waals surface area contributed by atoms with Crippen molar-refractivity contribution < 1.29 is 19.1 Å². The number of nitrogens with zero attached hydrogens (tertiary/aromatic N) is 1. The number of hydrogen-bond donors (Lipinski definition) is 2. The van der Waals surface area contributed by atoms with E-state index in [0.29, 0.717) is 22.4 Å². The minimum absolute atomic E-state index is 0.215. The largest absolute Gasteiger partial charge is 0.423 e. The summed E-state index contributed by atoms with van der Waals surface area (Å²) in [6.45, 7) is 1.69. The predicted molar refractivity (Wildman–Crippen MR) is 135 cm³/mol. The van der Waals surface area contributed by atoms with Crippen LogP contribution in [0.1, 0.15) is 31.8 Å². The molecule has 4 rings (SSSR count). The number of benzene rings is 4. The third-order valence-corrected chi connectivity index (χ3v) is 5.19. The Labute approximate surface area is 202 Å². The summed E-state index contributed by atoms with van der Waals surface area (Å²) in [4.78, 5) is 36.8. The van der Waals surface area contributed by atoms with Crippen molar-refractivity contribution in [2.24, 2.45) is 5.10 Å². The molecule has 7 heteroatoms. The molecule has 0 aliphatic heterocycles. The molecule has 0 spiro atoms. The normalized spacial score (nSPS) is 10.8. The van der Waals surface area contributed by atoms with Gasteiger partial charge >= 0.3 is 5.97 Å². The zero-order valence-corrected chi connectivity index (χ0v) is 19.0. The van der Waals surface area contributed by atoms with Gasteiger partial charge in [-0.15, -0.1) is 0 Å². The number of carbonyl (C=O) groups is 3. The van der Waals surface area contributed by atoms with E-state index in [2.05, 4.69) is 15.8 Å². The number of esters is 1. The summed E-state index contributed by atoms with van der Waals surface area (Å²) in [5, 5.41) is 8.28. The van der Waals surface area contributed by atoms with E-state index in [4.69, 9.17) is 4.74 Å². The van der Waals surface area contributed by atoms with Crippen LogP contribution >= 0.6 is 0 Å². The molecule has 0 heterocycles. The van der Waals surface area contributed by atoms with Crippen molar-refractivity contribution in [3.8, 4) is 5.75 Å². The third-order valence-electron chi connectivity index (χ3n) is 5.19. The summed E-state index contributed by atoms with van der Waals surface area (Å²) in [5.74, 6) is -0.836. The van der Waals surface area contributed by atoms with Crippen LogP contribution in [0.3, 0.4) is 0 Å². The summed E-state index contributed by atoms with van der Waals surface area (Å²) >= 11 is 0. The monoisotopic (exact) mass is 465 g/mol. The van der Waals surface area contributed by atoms with Crippen molar-refractivity contribution in [2.75, 3.05) is 6.54 Å². The van der Waals surface area contributed by atoms with Gasteiger partial charge < -0.3 is 10.1 Å². The zero-order chi connectivity index (χ0) is 24.6. The highest BCUT2D eigenvalue weighted by Crippen LogP contribution is 2.18. The van der Waals surface area contributed by atoms with E-state index >= 15 is 0 Å². The molecule has 174 valence electrons. The van der Waals surface area contributed by atoms with Crippen molar-refractivity contribution >= 4 is 34.8 Å². The topological polar surface area (TPSA) is 96.9 Å². The van der Waals surface area contributed by atoms with Gasteiger partial charge in [-0.2, -0.15) is 5.10 Å². The molecule has 0 saturated heterocycles. The molecular weight excluding hydrogens is 442 g/mol. The summed E-state index contributed by atoms with van der Waals surface area (Å²) in [6, 6.07) is 26.9. The van der Waals surface area contributed by atoms with Gasteiger partial charge in [0, 0.05) is 5.56 Å². The lowest BCUT2D eigenvalue weighted by Gasteiger charge is -2.07. The molecule has 0 aliphatic carbocycles. The molecule has 0 bridgehead atoms. The fourth-order valence-corrected chi connectivity index (χ4v) is 3.46. The first-order valence-corrected chi connectivity index (χ1v) is 11.0. The summed E-state index contributed by atoms with van der Waals surface area (Å²) in [7, 11) is 0. The first-order chi connectivity index (χ1) is 17.0. The number of amides is 2. The third kappa shape index (κ3) is 6.17. The zero-order valence-electron chi connectivity index (χ0n) is 19.0. The number of nitrogens with one attached hydrogen (secondary N) is 2. The number of carbonyl (C=O) groups excluding carboxylic acids is 3. The van der Waals surface area contributed by atoms with Crippen LogP contribution in [0.2, 0.25) is 0 Å². The molecule has 0 saturated carbocycles. The van der Waals surface area contributed by atoms with Gasteiger partial charge in [-0.3, -0.25) is 9.59 Å². The van der Waals surface area contributed by atoms with Gasteiger partial charge in [-0.1, -0.05) is 54.1 Å². The van der Waals surface area contributed by atoms with Gasteiger partial charge in [0.05, 0.1) is 18.3 Å². The minimum Gasteiger partial charge on any atom is -0.423 e. The van der Waals surface area contributed by atoms with Gasteiger partial charge in [0.25, 0.3) is 11.8 Å². The Morgan fingerprint density at radius 2 is 1.63 bits per heavy atom. The second kappa shape index (κ2) is 10.9. The highest BCUT2D eigenvalue weighted by molar-refractivity contribution is 6.07. The molecule has 0 radical (unpaired) electrons. The standard InChI is InChI=1S/C28H23N3O4/c1-19-6-4-9-22(16-19)28(34)35-23-14-12-20(13-15-23)17-30-31-26(32)18-29-27(33)25-11-5-8-21-7-2-3-10-24(21)25/h2-17H,18H2,1H3,(H,29,33)(H,31,32). The van der Waals surface area contributed by atoms with Crippen LogP contribution in [0.4, 0.5) is 0 Å². The smallest absolute Gasteiger partial charge is 0.343 e. The molecule has 2 N–H and O–H groups in total. The number of hydrogen-bond acceptors (Lipinski definition) is 5. The first kappa shape index (κ1) is 23.4. The Hall–Kier alpha value is -4.78. The fraction of sp³-hybridized carbons (Fsp3) is 0.0714. The SMILES string of the molecule is Cc1cccc(C(=O)Oc2ccc(C=NNC(=O)CNC(=O)c3cccc4ccccc34)cc2)c1. The molecule has 35 heavy (non-hydrogen) atoms.